The van der Waals surface area contributed by atoms with Gasteiger partial charge in [-0.25, -0.2) is 10.2 Å². The fourth-order valence-corrected chi connectivity index (χ4v) is 4.04. The number of amides is 3. The van der Waals surface area contributed by atoms with Crippen LogP contribution in [0.25, 0.3) is 0 Å². The number of rotatable bonds is 6. The largest absolute Gasteiger partial charge is 0.467 e. The van der Waals surface area contributed by atoms with Crippen LogP contribution in [0.1, 0.15) is 18.2 Å². The number of carbonyl (C=O) groups excluding carboxylic acids is 2. The van der Waals surface area contributed by atoms with Crippen LogP contribution in [0.4, 0.5) is 4.79 Å². The van der Waals surface area contributed by atoms with E-state index in [0.29, 0.717) is 22.2 Å². The molecule has 1 aromatic heterocycles. The van der Waals surface area contributed by atoms with Crippen molar-refractivity contribution >= 4 is 41.0 Å². The van der Waals surface area contributed by atoms with Gasteiger partial charge in [0.1, 0.15) is 17.4 Å². The van der Waals surface area contributed by atoms with Crippen LogP contribution in [0, 0.1) is 11.3 Å². The zero-order valence-corrected chi connectivity index (χ0v) is 17.5. The highest BCUT2D eigenvalue weighted by Crippen LogP contribution is 2.33. The Morgan fingerprint density at radius 3 is 2.87 bits per heavy atom. The fraction of sp³-hybridized carbons (Fsp3) is 0.200. The first-order valence-corrected chi connectivity index (χ1v) is 10.2. The highest BCUT2D eigenvalue weighted by Gasteiger charge is 2.32. The Balaban J connectivity index is 1.64. The van der Waals surface area contributed by atoms with Gasteiger partial charge in [0.25, 0.3) is 0 Å². The SMILES string of the molecule is CC(=N\NC(=O)NCc1ccco1)/C(C#N)=C1\NC(=O)[C@H](Cc2ccccc2Cl)S1. The van der Waals surface area contributed by atoms with E-state index < -0.39 is 11.3 Å². The van der Waals surface area contributed by atoms with Gasteiger partial charge in [-0.05, 0) is 37.1 Å². The molecule has 1 atom stereocenters. The number of nitrogens with zero attached hydrogens (tertiary/aromatic N) is 2. The predicted octanol–water partition coefficient (Wildman–Crippen LogP) is 3.32. The quantitative estimate of drug-likeness (QED) is 0.359. The van der Waals surface area contributed by atoms with Gasteiger partial charge in [0.15, 0.2) is 0 Å². The maximum Gasteiger partial charge on any atom is 0.335 e. The van der Waals surface area contributed by atoms with E-state index in [-0.39, 0.29) is 23.7 Å². The summed E-state index contributed by atoms with van der Waals surface area (Å²) >= 11 is 7.42. The van der Waals surface area contributed by atoms with Gasteiger partial charge in [-0.1, -0.05) is 41.6 Å². The summed E-state index contributed by atoms with van der Waals surface area (Å²) in [6, 6.07) is 12.2. The molecule has 1 saturated heterocycles. The zero-order valence-electron chi connectivity index (χ0n) is 15.9. The van der Waals surface area contributed by atoms with Crippen molar-refractivity contribution in [1.29, 1.82) is 5.26 Å². The van der Waals surface area contributed by atoms with Crippen LogP contribution in [0.3, 0.4) is 0 Å². The number of furan rings is 1. The number of allylic oxidation sites excluding steroid dienone is 1. The lowest BCUT2D eigenvalue weighted by Gasteiger charge is -2.07. The molecule has 0 unspecified atom stereocenters. The Morgan fingerprint density at radius 2 is 2.17 bits per heavy atom. The summed E-state index contributed by atoms with van der Waals surface area (Å²) in [7, 11) is 0. The van der Waals surface area contributed by atoms with Crippen molar-refractivity contribution in [2.45, 2.75) is 25.1 Å². The molecule has 0 bridgehead atoms. The molecule has 1 aliphatic rings. The van der Waals surface area contributed by atoms with Crippen molar-refractivity contribution in [2.24, 2.45) is 5.10 Å². The molecule has 1 aromatic carbocycles. The second-order valence-corrected chi connectivity index (χ2v) is 7.90. The number of hydrogen-bond donors (Lipinski definition) is 3. The normalized spacial score (nSPS) is 17.8. The summed E-state index contributed by atoms with van der Waals surface area (Å²) in [5, 5.41) is 19.4. The first kappa shape index (κ1) is 21.5. The fourth-order valence-electron chi connectivity index (χ4n) is 2.64. The minimum Gasteiger partial charge on any atom is -0.467 e. The predicted molar refractivity (Wildman–Crippen MR) is 115 cm³/mol. The number of hydrogen-bond acceptors (Lipinski definition) is 6. The minimum atomic E-state index is -0.548. The Bertz CT molecular complexity index is 1040. The molecule has 0 spiro atoms. The first-order chi connectivity index (χ1) is 14.5. The van der Waals surface area contributed by atoms with E-state index in [0.717, 1.165) is 5.56 Å². The van der Waals surface area contributed by atoms with Crippen LogP contribution >= 0.6 is 23.4 Å². The second-order valence-electron chi connectivity index (χ2n) is 6.28. The molecule has 0 aliphatic carbocycles. The molecule has 2 aromatic rings. The summed E-state index contributed by atoms with van der Waals surface area (Å²) in [4.78, 5) is 24.2. The lowest BCUT2D eigenvalue weighted by atomic mass is 10.1. The molecule has 30 heavy (non-hydrogen) atoms. The average Bonchev–Trinajstić information content (AvgIpc) is 3.37. The molecule has 8 nitrogen and oxygen atoms in total. The van der Waals surface area contributed by atoms with Gasteiger partial charge in [0, 0.05) is 5.02 Å². The van der Waals surface area contributed by atoms with Gasteiger partial charge < -0.3 is 15.1 Å². The third kappa shape index (κ3) is 5.43. The maximum atomic E-state index is 12.4. The standard InChI is InChI=1S/C20H18ClN5O3S/c1-12(25-26-20(28)23-11-14-6-4-8-29-14)15(10-22)19-24-18(27)17(30-19)9-13-5-2-3-7-16(13)21/h2-8,17H,9,11H2,1H3,(H,24,27)(H2,23,26,28)/b19-15+,25-12+/t17-/m0/s1. The van der Waals surface area contributed by atoms with Crippen LogP contribution in [-0.2, 0) is 17.8 Å². The number of nitriles is 1. The maximum absolute atomic E-state index is 12.4. The summed E-state index contributed by atoms with van der Waals surface area (Å²) < 4.78 is 5.12. The molecular formula is C20H18ClN5O3S. The second kappa shape index (κ2) is 10.0. The van der Waals surface area contributed by atoms with Gasteiger partial charge in [-0.2, -0.15) is 10.4 Å². The van der Waals surface area contributed by atoms with E-state index >= 15 is 0 Å². The van der Waals surface area contributed by atoms with Crippen LogP contribution in [0.5, 0.6) is 0 Å². The van der Waals surface area contributed by atoms with Crippen LogP contribution in [-0.4, -0.2) is 22.9 Å². The number of thioether (sulfide) groups is 1. The topological polar surface area (TPSA) is 120 Å². The molecule has 1 aliphatic heterocycles. The summed E-state index contributed by atoms with van der Waals surface area (Å²) in [5.41, 5.74) is 3.63. The number of benzene rings is 1. The Hall–Kier alpha value is -3.22. The van der Waals surface area contributed by atoms with Crippen molar-refractivity contribution in [2.75, 3.05) is 0 Å². The number of urea groups is 1. The van der Waals surface area contributed by atoms with Crippen molar-refractivity contribution in [3.63, 3.8) is 0 Å². The van der Waals surface area contributed by atoms with Crippen LogP contribution in [0.15, 0.2) is 62.8 Å². The van der Waals surface area contributed by atoms with Gasteiger partial charge in [0.05, 0.1) is 28.8 Å². The molecule has 3 N–H and O–H groups in total. The first-order valence-electron chi connectivity index (χ1n) is 8.94. The summed E-state index contributed by atoms with van der Waals surface area (Å²) in [5.74, 6) is 0.389. The molecule has 0 saturated carbocycles. The zero-order chi connectivity index (χ0) is 21.5. The molecular weight excluding hydrogens is 426 g/mol. The molecule has 1 fully saturated rings. The van der Waals surface area contributed by atoms with E-state index in [1.54, 1.807) is 25.1 Å². The van der Waals surface area contributed by atoms with E-state index in [1.165, 1.54) is 18.0 Å². The van der Waals surface area contributed by atoms with Gasteiger partial charge in [0.2, 0.25) is 5.91 Å². The molecule has 154 valence electrons. The van der Waals surface area contributed by atoms with Gasteiger partial charge in [-0.3, -0.25) is 4.79 Å². The van der Waals surface area contributed by atoms with Gasteiger partial charge in [-0.15, -0.1) is 0 Å². The van der Waals surface area contributed by atoms with Crippen LogP contribution < -0.4 is 16.1 Å². The van der Waals surface area contributed by atoms with Crippen molar-refractivity contribution in [1.82, 2.24) is 16.1 Å². The summed E-state index contributed by atoms with van der Waals surface area (Å²) in [6.07, 6.45) is 1.94. The minimum absolute atomic E-state index is 0.182. The van der Waals surface area contributed by atoms with E-state index in [9.17, 15) is 14.9 Å². The summed E-state index contributed by atoms with van der Waals surface area (Å²) in [6.45, 7) is 1.78. The number of nitrogens with one attached hydrogen (secondary N) is 3. The smallest absolute Gasteiger partial charge is 0.335 e. The number of halogens is 1. The van der Waals surface area contributed by atoms with E-state index in [4.69, 9.17) is 16.0 Å². The monoisotopic (exact) mass is 443 g/mol. The lowest BCUT2D eigenvalue weighted by Crippen LogP contribution is -2.32. The van der Waals surface area contributed by atoms with Crippen molar-refractivity contribution < 1.29 is 14.0 Å². The Labute approximate surface area is 182 Å². The molecule has 3 amide bonds. The molecule has 0 radical (unpaired) electrons. The molecule has 10 heteroatoms. The Morgan fingerprint density at radius 1 is 1.37 bits per heavy atom. The third-order valence-electron chi connectivity index (χ3n) is 4.18. The lowest BCUT2D eigenvalue weighted by molar-refractivity contribution is -0.119. The van der Waals surface area contributed by atoms with Gasteiger partial charge >= 0.3 is 6.03 Å². The third-order valence-corrected chi connectivity index (χ3v) is 5.76. The van der Waals surface area contributed by atoms with Crippen molar-refractivity contribution in [3.05, 3.63) is 69.6 Å². The average molecular weight is 444 g/mol. The van der Waals surface area contributed by atoms with Crippen LogP contribution in [0.2, 0.25) is 5.02 Å². The highest BCUT2D eigenvalue weighted by molar-refractivity contribution is 8.04. The number of carbonyl (C=O) groups is 2. The number of hydrazone groups is 1. The van der Waals surface area contributed by atoms with E-state index in [1.807, 2.05) is 24.3 Å². The molecule has 2 heterocycles. The Kier molecular flexibility index (Phi) is 7.17. The molecule has 3 rings (SSSR count). The van der Waals surface area contributed by atoms with Crippen molar-refractivity contribution in [3.8, 4) is 6.07 Å². The van der Waals surface area contributed by atoms with E-state index in [2.05, 4.69) is 21.2 Å². The highest BCUT2D eigenvalue weighted by atomic mass is 35.5.